The molecule has 0 atom stereocenters. The summed E-state index contributed by atoms with van der Waals surface area (Å²) in [6, 6.07) is 13.7. The molecule has 3 amide bonds. The molecule has 2 aromatic rings. The van der Waals surface area contributed by atoms with E-state index in [1.807, 2.05) is 6.92 Å². The van der Waals surface area contributed by atoms with Crippen molar-refractivity contribution in [1.82, 2.24) is 10.2 Å². The van der Waals surface area contributed by atoms with Crippen molar-refractivity contribution in [2.45, 2.75) is 6.92 Å². The van der Waals surface area contributed by atoms with E-state index in [-0.39, 0.29) is 13.1 Å². The average molecular weight is 427 g/mol. The molecular weight excluding hydrogens is 402 g/mol. The Kier molecular flexibility index (Phi) is 8.56. The van der Waals surface area contributed by atoms with Crippen LogP contribution >= 0.6 is 0 Å². The van der Waals surface area contributed by atoms with E-state index >= 15 is 0 Å². The highest BCUT2D eigenvalue weighted by atomic mass is 16.5. The van der Waals surface area contributed by atoms with Gasteiger partial charge in [0.2, 0.25) is 5.91 Å². The molecule has 0 saturated heterocycles. The molecule has 0 aliphatic heterocycles. The van der Waals surface area contributed by atoms with Gasteiger partial charge in [0.05, 0.1) is 13.7 Å². The third kappa shape index (κ3) is 7.81. The normalized spacial score (nSPS) is 10.0. The van der Waals surface area contributed by atoms with Crippen molar-refractivity contribution in [3.8, 4) is 5.75 Å². The molecule has 2 aromatic carbocycles. The summed E-state index contributed by atoms with van der Waals surface area (Å²) >= 11 is 0. The number of benzene rings is 2. The standard InChI is InChI=1S/C22H25N3O6/c1-15-7-9-16(10-8-15)22(29)23-12-21(28)31-14-20(27)25(2)13-19(26)24-17-5-4-6-18(11-17)30-3/h4-11H,12-14H2,1-3H3,(H,23,29)(H,24,26). The van der Waals surface area contributed by atoms with Crippen LogP contribution in [0.5, 0.6) is 5.75 Å². The molecule has 0 radical (unpaired) electrons. The van der Waals surface area contributed by atoms with Gasteiger partial charge in [0.15, 0.2) is 6.61 Å². The van der Waals surface area contributed by atoms with Gasteiger partial charge in [-0.05, 0) is 31.2 Å². The summed E-state index contributed by atoms with van der Waals surface area (Å²) in [5.41, 5.74) is 1.95. The maximum atomic E-state index is 12.1. The molecule has 0 fully saturated rings. The number of nitrogens with zero attached hydrogens (tertiary/aromatic N) is 1. The second kappa shape index (κ2) is 11.3. The molecule has 0 saturated carbocycles. The molecule has 31 heavy (non-hydrogen) atoms. The molecule has 9 heteroatoms. The fourth-order valence-corrected chi connectivity index (χ4v) is 2.47. The van der Waals surface area contributed by atoms with E-state index in [9.17, 15) is 19.2 Å². The van der Waals surface area contributed by atoms with Crippen molar-refractivity contribution in [2.75, 3.05) is 39.2 Å². The first-order valence-electron chi connectivity index (χ1n) is 9.47. The van der Waals surface area contributed by atoms with Gasteiger partial charge in [-0.1, -0.05) is 23.8 Å². The van der Waals surface area contributed by atoms with Crippen LogP contribution in [0, 0.1) is 6.92 Å². The first kappa shape index (κ1) is 23.4. The lowest BCUT2D eigenvalue weighted by Gasteiger charge is -2.17. The Bertz CT molecular complexity index is 943. The summed E-state index contributed by atoms with van der Waals surface area (Å²) in [7, 11) is 2.93. The summed E-state index contributed by atoms with van der Waals surface area (Å²) < 4.78 is 9.95. The number of rotatable bonds is 9. The lowest BCUT2D eigenvalue weighted by atomic mass is 10.1. The van der Waals surface area contributed by atoms with Crippen LogP contribution in [0.3, 0.4) is 0 Å². The van der Waals surface area contributed by atoms with Gasteiger partial charge in [0.1, 0.15) is 12.3 Å². The van der Waals surface area contributed by atoms with Crippen molar-refractivity contribution < 1.29 is 28.7 Å². The lowest BCUT2D eigenvalue weighted by molar-refractivity contribution is -0.150. The molecule has 9 nitrogen and oxygen atoms in total. The van der Waals surface area contributed by atoms with E-state index in [1.54, 1.807) is 48.5 Å². The number of anilines is 1. The van der Waals surface area contributed by atoms with Crippen LogP contribution in [0.25, 0.3) is 0 Å². The molecule has 2 N–H and O–H groups in total. The van der Waals surface area contributed by atoms with E-state index < -0.39 is 30.3 Å². The van der Waals surface area contributed by atoms with Crippen LogP contribution in [-0.4, -0.2) is 62.4 Å². The number of carbonyl (C=O) groups is 4. The van der Waals surface area contributed by atoms with E-state index in [4.69, 9.17) is 9.47 Å². The topological polar surface area (TPSA) is 114 Å². The fourth-order valence-electron chi connectivity index (χ4n) is 2.47. The number of amides is 3. The minimum atomic E-state index is -0.761. The molecule has 164 valence electrons. The number of hydrogen-bond acceptors (Lipinski definition) is 6. The third-order valence-electron chi connectivity index (χ3n) is 4.22. The molecular formula is C22H25N3O6. The van der Waals surface area contributed by atoms with Gasteiger partial charge < -0.3 is 25.0 Å². The predicted octanol–water partition coefficient (Wildman–Crippen LogP) is 1.37. The third-order valence-corrected chi connectivity index (χ3v) is 4.22. The van der Waals surface area contributed by atoms with Crippen LogP contribution in [-0.2, 0) is 19.1 Å². The summed E-state index contributed by atoms with van der Waals surface area (Å²) in [4.78, 5) is 49.1. The monoisotopic (exact) mass is 427 g/mol. The fraction of sp³-hybridized carbons (Fsp3) is 0.273. The zero-order valence-electron chi connectivity index (χ0n) is 17.6. The van der Waals surface area contributed by atoms with Crippen LogP contribution in [0.2, 0.25) is 0 Å². The van der Waals surface area contributed by atoms with Crippen LogP contribution in [0.4, 0.5) is 5.69 Å². The highest BCUT2D eigenvalue weighted by Crippen LogP contribution is 2.16. The quantitative estimate of drug-likeness (QED) is 0.585. The van der Waals surface area contributed by atoms with Crippen molar-refractivity contribution >= 4 is 29.4 Å². The Labute approximate surface area is 180 Å². The summed E-state index contributed by atoms with van der Waals surface area (Å²) in [6.45, 7) is 0.759. The van der Waals surface area contributed by atoms with Crippen LogP contribution in [0.15, 0.2) is 48.5 Å². The SMILES string of the molecule is COc1cccc(NC(=O)CN(C)C(=O)COC(=O)CNC(=O)c2ccc(C)cc2)c1. The number of nitrogens with one attached hydrogen (secondary N) is 2. The Hall–Kier alpha value is -3.88. The van der Waals surface area contributed by atoms with Gasteiger partial charge in [-0.25, -0.2) is 0 Å². The molecule has 2 rings (SSSR count). The maximum absolute atomic E-state index is 12.1. The van der Waals surface area contributed by atoms with Gasteiger partial charge in [-0.15, -0.1) is 0 Å². The van der Waals surface area contributed by atoms with Gasteiger partial charge in [0, 0.05) is 24.4 Å². The number of likely N-dealkylation sites (N-methyl/N-ethyl adjacent to an activating group) is 1. The number of esters is 1. The largest absolute Gasteiger partial charge is 0.497 e. The van der Waals surface area contributed by atoms with Gasteiger partial charge >= 0.3 is 5.97 Å². The number of carbonyl (C=O) groups excluding carboxylic acids is 4. The minimum absolute atomic E-state index is 0.224. The Morgan fingerprint density at radius 3 is 2.42 bits per heavy atom. The summed E-state index contributed by atoms with van der Waals surface area (Å²) in [6.07, 6.45) is 0. The molecule has 0 bridgehead atoms. The highest BCUT2D eigenvalue weighted by Gasteiger charge is 2.16. The van der Waals surface area contributed by atoms with Crippen molar-refractivity contribution in [1.29, 1.82) is 0 Å². The second-order valence-corrected chi connectivity index (χ2v) is 6.74. The Balaban J connectivity index is 1.71. The zero-order valence-corrected chi connectivity index (χ0v) is 17.6. The highest BCUT2D eigenvalue weighted by molar-refractivity contribution is 5.96. The zero-order chi connectivity index (χ0) is 22.8. The van der Waals surface area contributed by atoms with E-state index in [1.165, 1.54) is 14.2 Å². The van der Waals surface area contributed by atoms with E-state index in [0.29, 0.717) is 17.0 Å². The van der Waals surface area contributed by atoms with Gasteiger partial charge in [-0.2, -0.15) is 0 Å². The Morgan fingerprint density at radius 1 is 1.03 bits per heavy atom. The first-order valence-corrected chi connectivity index (χ1v) is 9.47. The first-order chi connectivity index (χ1) is 14.8. The van der Waals surface area contributed by atoms with Crippen molar-refractivity contribution in [3.05, 3.63) is 59.7 Å². The minimum Gasteiger partial charge on any atom is -0.497 e. The predicted molar refractivity (Wildman–Crippen MR) is 114 cm³/mol. The summed E-state index contributed by atoms with van der Waals surface area (Å²) in [5, 5.41) is 5.08. The average Bonchev–Trinajstić information content (AvgIpc) is 2.76. The second-order valence-electron chi connectivity index (χ2n) is 6.74. The smallest absolute Gasteiger partial charge is 0.325 e. The van der Waals surface area contributed by atoms with E-state index in [0.717, 1.165) is 10.5 Å². The van der Waals surface area contributed by atoms with Crippen LogP contribution in [0.1, 0.15) is 15.9 Å². The maximum Gasteiger partial charge on any atom is 0.325 e. The molecule has 0 aromatic heterocycles. The molecule has 0 spiro atoms. The number of ether oxygens (including phenoxy) is 2. The molecule has 0 unspecified atom stereocenters. The number of methoxy groups -OCH3 is 1. The number of hydrogen-bond donors (Lipinski definition) is 2. The number of aryl methyl sites for hydroxylation is 1. The van der Waals surface area contributed by atoms with Gasteiger partial charge in [-0.3, -0.25) is 19.2 Å². The summed E-state index contributed by atoms with van der Waals surface area (Å²) in [5.74, 6) is -1.57. The molecule has 0 aliphatic rings. The van der Waals surface area contributed by atoms with Crippen molar-refractivity contribution in [2.24, 2.45) is 0 Å². The Morgan fingerprint density at radius 2 is 1.74 bits per heavy atom. The van der Waals surface area contributed by atoms with Gasteiger partial charge in [0.25, 0.3) is 11.8 Å². The molecule has 0 heterocycles. The van der Waals surface area contributed by atoms with E-state index in [2.05, 4.69) is 10.6 Å². The molecule has 0 aliphatic carbocycles. The lowest BCUT2D eigenvalue weighted by Crippen LogP contribution is -2.38. The van der Waals surface area contributed by atoms with Crippen molar-refractivity contribution in [3.63, 3.8) is 0 Å². The van der Waals surface area contributed by atoms with Crippen LogP contribution < -0.4 is 15.4 Å².